The van der Waals surface area contributed by atoms with Crippen molar-refractivity contribution in [1.29, 1.82) is 0 Å². The number of fused-ring (bicyclic) bond motifs is 1. The Kier molecular flexibility index (Phi) is 2.90. The number of rotatable bonds is 4. The van der Waals surface area contributed by atoms with E-state index in [1.165, 1.54) is 6.33 Å². The lowest BCUT2D eigenvalue weighted by atomic mass is 10.3. The average molecular weight is 235 g/mol. The number of aryl methyl sites for hydroxylation is 1. The van der Waals surface area contributed by atoms with Crippen LogP contribution in [-0.2, 0) is 4.79 Å². The Bertz CT molecular complexity index is 551. The molecule has 0 saturated heterocycles. The number of aliphatic carboxylic acids is 1. The van der Waals surface area contributed by atoms with E-state index in [0.29, 0.717) is 12.3 Å². The number of nitrogens with zero attached hydrogens (tertiary/aromatic N) is 5. The molecule has 1 N–H and O–H groups in total. The van der Waals surface area contributed by atoms with E-state index in [2.05, 4.69) is 15.1 Å². The molecular formula is C10H13N5O2. The van der Waals surface area contributed by atoms with Crippen molar-refractivity contribution in [2.24, 2.45) is 0 Å². The maximum absolute atomic E-state index is 10.5. The van der Waals surface area contributed by atoms with E-state index in [4.69, 9.17) is 5.11 Å². The summed E-state index contributed by atoms with van der Waals surface area (Å²) in [6.45, 7) is 2.27. The first-order valence-electron chi connectivity index (χ1n) is 5.18. The van der Waals surface area contributed by atoms with E-state index in [9.17, 15) is 4.79 Å². The summed E-state index contributed by atoms with van der Waals surface area (Å²) in [7, 11) is 1.82. The summed E-state index contributed by atoms with van der Waals surface area (Å²) in [5.74, 6) is 0.478. The third kappa shape index (κ3) is 2.32. The molecule has 0 aliphatic carbocycles. The Morgan fingerprint density at radius 2 is 2.35 bits per heavy atom. The van der Waals surface area contributed by atoms with Crippen LogP contribution in [-0.4, -0.2) is 44.3 Å². The lowest BCUT2D eigenvalue weighted by Gasteiger charge is -2.18. The van der Waals surface area contributed by atoms with Crippen LogP contribution < -0.4 is 4.90 Å². The number of carboxylic acids is 1. The highest BCUT2D eigenvalue weighted by atomic mass is 16.4. The van der Waals surface area contributed by atoms with Crippen LogP contribution in [0, 0.1) is 6.92 Å². The van der Waals surface area contributed by atoms with Gasteiger partial charge in [0.25, 0.3) is 5.78 Å². The first-order valence-corrected chi connectivity index (χ1v) is 5.18. The van der Waals surface area contributed by atoms with E-state index in [1.54, 1.807) is 4.52 Å². The van der Waals surface area contributed by atoms with Crippen molar-refractivity contribution >= 4 is 17.6 Å². The molecule has 0 bridgehead atoms. The standard InChI is InChI=1S/C10H13N5O2/c1-7-5-8(14(2)4-3-9(16)17)15-10(13-7)11-6-12-15/h5-6H,3-4H2,1-2H3,(H,16,17). The van der Waals surface area contributed by atoms with Crippen LogP contribution in [0.3, 0.4) is 0 Å². The van der Waals surface area contributed by atoms with Crippen molar-refractivity contribution in [2.75, 3.05) is 18.5 Å². The zero-order valence-electron chi connectivity index (χ0n) is 9.66. The first kappa shape index (κ1) is 11.3. The minimum atomic E-state index is -0.822. The third-order valence-corrected chi connectivity index (χ3v) is 2.41. The van der Waals surface area contributed by atoms with Gasteiger partial charge >= 0.3 is 5.97 Å². The predicted octanol–water partition coefficient (Wildman–Crippen LogP) is 0.344. The van der Waals surface area contributed by atoms with Gasteiger partial charge in [-0.25, -0.2) is 4.98 Å². The molecule has 0 aromatic carbocycles. The van der Waals surface area contributed by atoms with E-state index >= 15 is 0 Å². The molecule has 2 rings (SSSR count). The zero-order chi connectivity index (χ0) is 12.4. The lowest BCUT2D eigenvalue weighted by molar-refractivity contribution is -0.136. The minimum absolute atomic E-state index is 0.0774. The molecule has 0 radical (unpaired) electrons. The van der Waals surface area contributed by atoms with Gasteiger partial charge in [-0.15, -0.1) is 0 Å². The monoisotopic (exact) mass is 235 g/mol. The second-order valence-corrected chi connectivity index (χ2v) is 3.79. The highest BCUT2D eigenvalue weighted by Gasteiger charge is 2.10. The van der Waals surface area contributed by atoms with E-state index < -0.39 is 5.97 Å². The van der Waals surface area contributed by atoms with Gasteiger partial charge in [-0.2, -0.15) is 14.6 Å². The molecule has 0 unspecified atom stereocenters. The maximum Gasteiger partial charge on any atom is 0.305 e. The molecule has 0 saturated carbocycles. The Balaban J connectivity index is 2.33. The zero-order valence-corrected chi connectivity index (χ0v) is 9.66. The van der Waals surface area contributed by atoms with Crippen molar-refractivity contribution in [3.05, 3.63) is 18.1 Å². The molecule has 7 heteroatoms. The van der Waals surface area contributed by atoms with Crippen LogP contribution in [0.4, 0.5) is 5.82 Å². The van der Waals surface area contributed by atoms with Gasteiger partial charge < -0.3 is 10.0 Å². The van der Waals surface area contributed by atoms with Gasteiger partial charge in [0, 0.05) is 25.4 Å². The Morgan fingerprint density at radius 3 is 3.06 bits per heavy atom. The fourth-order valence-electron chi connectivity index (χ4n) is 1.56. The van der Waals surface area contributed by atoms with Crippen LogP contribution in [0.25, 0.3) is 5.78 Å². The Labute approximate surface area is 97.7 Å². The van der Waals surface area contributed by atoms with Crippen LogP contribution in [0.2, 0.25) is 0 Å². The molecule has 2 heterocycles. The van der Waals surface area contributed by atoms with Crippen molar-refractivity contribution in [3.63, 3.8) is 0 Å². The van der Waals surface area contributed by atoms with Crippen LogP contribution in [0.15, 0.2) is 12.4 Å². The van der Waals surface area contributed by atoms with E-state index in [1.807, 2.05) is 24.9 Å². The summed E-state index contributed by atoms with van der Waals surface area (Å²) in [4.78, 5) is 20.6. The molecule has 2 aromatic rings. The van der Waals surface area contributed by atoms with Crippen LogP contribution >= 0.6 is 0 Å². The number of aromatic nitrogens is 4. The summed E-state index contributed by atoms with van der Waals surface area (Å²) >= 11 is 0. The number of hydrogen-bond acceptors (Lipinski definition) is 5. The summed E-state index contributed by atoms with van der Waals surface area (Å²) in [6, 6.07) is 1.85. The molecule has 90 valence electrons. The average Bonchev–Trinajstić information content (AvgIpc) is 2.72. The van der Waals surface area contributed by atoms with Crippen LogP contribution in [0.1, 0.15) is 12.1 Å². The molecule has 17 heavy (non-hydrogen) atoms. The highest BCUT2D eigenvalue weighted by molar-refractivity contribution is 5.67. The number of anilines is 1. The Hall–Kier alpha value is -2.18. The van der Waals surface area contributed by atoms with Crippen LogP contribution in [0.5, 0.6) is 0 Å². The molecule has 0 aliphatic rings. The van der Waals surface area contributed by atoms with Crippen molar-refractivity contribution in [3.8, 4) is 0 Å². The van der Waals surface area contributed by atoms with Gasteiger partial charge in [-0.3, -0.25) is 4.79 Å². The van der Waals surface area contributed by atoms with Gasteiger partial charge in [-0.05, 0) is 6.92 Å². The summed E-state index contributed by atoms with van der Waals surface area (Å²) < 4.78 is 1.59. The summed E-state index contributed by atoms with van der Waals surface area (Å²) in [5, 5.41) is 12.7. The van der Waals surface area contributed by atoms with Gasteiger partial charge in [0.05, 0.1) is 6.42 Å². The molecular weight excluding hydrogens is 222 g/mol. The number of carboxylic acid groups (broad SMARTS) is 1. The maximum atomic E-state index is 10.5. The fraction of sp³-hybridized carbons (Fsp3) is 0.400. The van der Waals surface area contributed by atoms with Gasteiger partial charge in [-0.1, -0.05) is 0 Å². The number of hydrogen-bond donors (Lipinski definition) is 1. The Morgan fingerprint density at radius 1 is 1.59 bits per heavy atom. The fourth-order valence-corrected chi connectivity index (χ4v) is 1.56. The molecule has 0 atom stereocenters. The first-order chi connectivity index (χ1) is 8.08. The summed E-state index contributed by atoms with van der Waals surface area (Å²) in [5.41, 5.74) is 0.822. The summed E-state index contributed by atoms with van der Waals surface area (Å²) in [6.07, 6.45) is 1.50. The smallest absolute Gasteiger partial charge is 0.305 e. The van der Waals surface area contributed by atoms with E-state index in [0.717, 1.165) is 11.5 Å². The number of carbonyl (C=O) groups is 1. The molecule has 0 spiro atoms. The highest BCUT2D eigenvalue weighted by Crippen LogP contribution is 2.14. The predicted molar refractivity (Wildman–Crippen MR) is 61.0 cm³/mol. The van der Waals surface area contributed by atoms with E-state index in [-0.39, 0.29) is 6.42 Å². The second kappa shape index (κ2) is 4.36. The van der Waals surface area contributed by atoms with Gasteiger partial charge in [0.2, 0.25) is 0 Å². The van der Waals surface area contributed by atoms with Crippen molar-refractivity contribution in [2.45, 2.75) is 13.3 Å². The largest absolute Gasteiger partial charge is 0.481 e. The molecule has 0 fully saturated rings. The molecule has 7 nitrogen and oxygen atoms in total. The van der Waals surface area contributed by atoms with Gasteiger partial charge in [0.15, 0.2) is 0 Å². The molecule has 0 aliphatic heterocycles. The van der Waals surface area contributed by atoms with Gasteiger partial charge in [0.1, 0.15) is 12.1 Å². The lowest BCUT2D eigenvalue weighted by Crippen LogP contribution is -2.23. The van der Waals surface area contributed by atoms with Crippen molar-refractivity contribution < 1.29 is 9.90 Å². The minimum Gasteiger partial charge on any atom is -0.481 e. The SMILES string of the molecule is Cc1cc(N(C)CCC(=O)O)n2ncnc2n1. The third-order valence-electron chi connectivity index (χ3n) is 2.41. The molecule has 2 aromatic heterocycles. The molecule has 0 amide bonds. The quantitative estimate of drug-likeness (QED) is 0.822. The van der Waals surface area contributed by atoms with Crippen molar-refractivity contribution in [1.82, 2.24) is 19.6 Å². The second-order valence-electron chi connectivity index (χ2n) is 3.79. The normalized spacial score (nSPS) is 10.7. The topological polar surface area (TPSA) is 83.6 Å².